The van der Waals surface area contributed by atoms with Crippen molar-refractivity contribution in [2.75, 3.05) is 6.61 Å². The molecule has 0 aromatic carbocycles. The summed E-state index contributed by atoms with van der Waals surface area (Å²) in [6.07, 6.45) is 1.11. The average Bonchev–Trinajstić information content (AvgIpc) is 1.68. The van der Waals surface area contributed by atoms with E-state index in [0.717, 1.165) is 6.26 Å². The maximum Gasteiger partial charge on any atom is 0.772 e. The maximum atomic E-state index is 10.3. The van der Waals surface area contributed by atoms with E-state index in [9.17, 15) is 4.46 Å². The van der Waals surface area contributed by atoms with Crippen molar-refractivity contribution in [3.63, 3.8) is 0 Å². The van der Waals surface area contributed by atoms with Crippen LogP contribution in [-0.4, -0.2) is 15.8 Å². The Balaban J connectivity index is 3.18. The van der Waals surface area contributed by atoms with Gasteiger partial charge < -0.3 is 8.85 Å². The van der Waals surface area contributed by atoms with Gasteiger partial charge in [0.2, 0.25) is 0 Å². The van der Waals surface area contributed by atoms with Gasteiger partial charge in [0.1, 0.15) is 0 Å². The van der Waals surface area contributed by atoms with Gasteiger partial charge in [-0.3, -0.25) is 4.46 Å². The van der Waals surface area contributed by atoms with E-state index in [1.807, 2.05) is 0 Å². The van der Waals surface area contributed by atoms with Crippen molar-refractivity contribution in [2.24, 2.45) is 0 Å². The van der Waals surface area contributed by atoms with Gasteiger partial charge in [0.05, 0.1) is 12.9 Å². The Hall–Kier alpha value is -0.643. The summed E-state index contributed by atoms with van der Waals surface area (Å²) in [5.41, 5.74) is 0. The molecule has 0 N–H and O–H groups in total. The fraction of sp³-hybridized carbons (Fsp3) is 0.500. The molecule has 0 rings (SSSR count). The molecule has 0 aromatic heterocycles. The quantitative estimate of drug-likeness (QED) is 0.415. The number of hydrogen-bond donors (Lipinski definition) is 0. The van der Waals surface area contributed by atoms with Crippen molar-refractivity contribution >= 4 is 9.17 Å². The Labute approximate surface area is 49.8 Å². The van der Waals surface area contributed by atoms with Crippen LogP contribution in [0, 0.1) is 0 Å². The standard InChI is InChI=1S/C4H8O3Si/c1-3-6-8(5)7-4-2/h3H,1,4H2,2H3. The molecule has 8 heavy (non-hydrogen) atoms. The topological polar surface area (TPSA) is 35.5 Å². The van der Waals surface area contributed by atoms with Gasteiger partial charge >= 0.3 is 9.17 Å². The summed E-state index contributed by atoms with van der Waals surface area (Å²) >= 11 is 0. The van der Waals surface area contributed by atoms with E-state index >= 15 is 0 Å². The summed E-state index contributed by atoms with van der Waals surface area (Å²) in [4.78, 5) is 0. The molecule has 0 fully saturated rings. The molecule has 0 saturated heterocycles. The fourth-order valence-electron chi connectivity index (χ4n) is 0.220. The number of hydrogen-bond acceptors (Lipinski definition) is 3. The Morgan fingerprint density at radius 1 is 1.88 bits per heavy atom. The van der Waals surface area contributed by atoms with Crippen molar-refractivity contribution < 1.29 is 13.3 Å². The highest BCUT2D eigenvalue weighted by atomic mass is 28.3. The van der Waals surface area contributed by atoms with Crippen LogP contribution >= 0.6 is 0 Å². The molecule has 3 nitrogen and oxygen atoms in total. The molecule has 0 radical (unpaired) electrons. The van der Waals surface area contributed by atoms with Gasteiger partial charge in [-0.25, -0.2) is 0 Å². The van der Waals surface area contributed by atoms with Gasteiger partial charge in [0, 0.05) is 0 Å². The van der Waals surface area contributed by atoms with Crippen LogP contribution in [0.5, 0.6) is 0 Å². The van der Waals surface area contributed by atoms with E-state index < -0.39 is 9.17 Å². The average molecular weight is 132 g/mol. The molecular weight excluding hydrogens is 124 g/mol. The highest BCUT2D eigenvalue weighted by Crippen LogP contribution is 1.76. The van der Waals surface area contributed by atoms with Gasteiger partial charge in [-0.15, -0.1) is 0 Å². The van der Waals surface area contributed by atoms with Crippen LogP contribution in [0.3, 0.4) is 0 Å². The van der Waals surface area contributed by atoms with Crippen LogP contribution in [0.4, 0.5) is 0 Å². The SMILES string of the molecule is C=CO[Si](=O)OCC. The zero-order valence-corrected chi connectivity index (χ0v) is 5.72. The first-order valence-corrected chi connectivity index (χ1v) is 3.48. The van der Waals surface area contributed by atoms with Crippen LogP contribution in [0.25, 0.3) is 0 Å². The molecule has 46 valence electrons. The summed E-state index contributed by atoms with van der Waals surface area (Å²) in [5.74, 6) is 0. The summed E-state index contributed by atoms with van der Waals surface area (Å²) in [6, 6.07) is 0. The first-order chi connectivity index (χ1) is 3.81. The van der Waals surface area contributed by atoms with Gasteiger partial charge in [-0.2, -0.15) is 0 Å². The minimum absolute atomic E-state index is 0.408. The lowest BCUT2D eigenvalue weighted by Gasteiger charge is -1.94. The Morgan fingerprint density at radius 3 is 2.88 bits per heavy atom. The molecule has 0 atom stereocenters. The van der Waals surface area contributed by atoms with E-state index in [1.165, 1.54) is 0 Å². The van der Waals surface area contributed by atoms with E-state index in [2.05, 4.69) is 15.4 Å². The van der Waals surface area contributed by atoms with Crippen LogP contribution < -0.4 is 0 Å². The Bertz CT molecular complexity index is 91.3. The lowest BCUT2D eigenvalue weighted by Crippen LogP contribution is -2.07. The van der Waals surface area contributed by atoms with Gasteiger partial charge in [0.15, 0.2) is 0 Å². The summed E-state index contributed by atoms with van der Waals surface area (Å²) in [7, 11) is -2.26. The largest absolute Gasteiger partial charge is 0.772 e. The van der Waals surface area contributed by atoms with Crippen LogP contribution in [-0.2, 0) is 13.3 Å². The van der Waals surface area contributed by atoms with Crippen LogP contribution in [0.1, 0.15) is 6.92 Å². The predicted molar refractivity (Wildman–Crippen MR) is 29.3 cm³/mol. The van der Waals surface area contributed by atoms with Crippen LogP contribution in [0.2, 0.25) is 0 Å². The normalized spacial score (nSPS) is 7.62. The molecule has 0 spiro atoms. The second-order valence-electron chi connectivity index (χ2n) is 0.968. The van der Waals surface area contributed by atoms with Crippen molar-refractivity contribution in [1.29, 1.82) is 0 Å². The lowest BCUT2D eigenvalue weighted by atomic mass is 10.9. The zero-order chi connectivity index (χ0) is 6.41. The van der Waals surface area contributed by atoms with Gasteiger partial charge in [-0.05, 0) is 6.92 Å². The molecule has 0 saturated carbocycles. The highest BCUT2D eigenvalue weighted by molar-refractivity contribution is 6.26. The highest BCUT2D eigenvalue weighted by Gasteiger charge is 2.04. The second-order valence-corrected chi connectivity index (χ2v) is 1.99. The first-order valence-electron chi connectivity index (χ1n) is 2.25. The smallest absolute Gasteiger partial charge is 0.496 e. The Morgan fingerprint density at radius 2 is 2.50 bits per heavy atom. The molecule has 0 aliphatic rings. The fourth-order valence-corrected chi connectivity index (χ4v) is 0.660. The molecule has 0 aliphatic carbocycles. The van der Waals surface area contributed by atoms with Gasteiger partial charge in [0.25, 0.3) is 0 Å². The monoisotopic (exact) mass is 132 g/mol. The third-order valence-electron chi connectivity index (χ3n) is 0.442. The molecule has 4 heteroatoms. The van der Waals surface area contributed by atoms with E-state index in [4.69, 9.17) is 0 Å². The minimum Gasteiger partial charge on any atom is -0.496 e. The van der Waals surface area contributed by atoms with E-state index in [1.54, 1.807) is 6.92 Å². The predicted octanol–water partition coefficient (Wildman–Crippen LogP) is 0.598. The maximum absolute atomic E-state index is 10.3. The zero-order valence-electron chi connectivity index (χ0n) is 4.72. The molecule has 0 aliphatic heterocycles. The van der Waals surface area contributed by atoms with Gasteiger partial charge in [-0.1, -0.05) is 6.58 Å². The summed E-state index contributed by atoms with van der Waals surface area (Å²) in [6.45, 7) is 5.36. The molecule has 0 bridgehead atoms. The summed E-state index contributed by atoms with van der Waals surface area (Å²) < 4.78 is 19.2. The third-order valence-corrected chi connectivity index (χ3v) is 1.33. The molecule has 0 aromatic rings. The van der Waals surface area contributed by atoms with Crippen molar-refractivity contribution in [3.8, 4) is 0 Å². The van der Waals surface area contributed by atoms with E-state index in [0.29, 0.717) is 6.61 Å². The molecule has 0 heterocycles. The molecule has 0 amide bonds. The van der Waals surface area contributed by atoms with E-state index in [-0.39, 0.29) is 0 Å². The third kappa shape index (κ3) is 3.54. The molecule has 0 unspecified atom stereocenters. The summed E-state index contributed by atoms with van der Waals surface area (Å²) in [5, 5.41) is 0. The number of rotatable bonds is 4. The van der Waals surface area contributed by atoms with Crippen molar-refractivity contribution in [1.82, 2.24) is 0 Å². The first kappa shape index (κ1) is 7.36. The van der Waals surface area contributed by atoms with Crippen molar-refractivity contribution in [3.05, 3.63) is 12.8 Å². The second kappa shape index (κ2) is 4.51. The van der Waals surface area contributed by atoms with Crippen LogP contribution in [0.15, 0.2) is 12.8 Å². The molecular formula is C4H8O3Si. The Kier molecular flexibility index (Phi) is 4.15. The lowest BCUT2D eigenvalue weighted by molar-refractivity contribution is 0.225. The minimum atomic E-state index is -2.26. The van der Waals surface area contributed by atoms with Crippen molar-refractivity contribution in [2.45, 2.75) is 6.92 Å².